The highest BCUT2D eigenvalue weighted by atomic mass is 19.1. The molecule has 3 nitrogen and oxygen atoms in total. The lowest BCUT2D eigenvalue weighted by Crippen LogP contribution is -2.21. The first-order chi connectivity index (χ1) is 9.60. The predicted octanol–water partition coefficient (Wildman–Crippen LogP) is 3.13. The van der Waals surface area contributed by atoms with Crippen molar-refractivity contribution in [3.8, 4) is 0 Å². The molecule has 1 aromatic heterocycles. The quantitative estimate of drug-likeness (QED) is 0.877. The molecule has 0 unspecified atom stereocenters. The van der Waals surface area contributed by atoms with Gasteiger partial charge < -0.3 is 9.88 Å². The van der Waals surface area contributed by atoms with Crippen LogP contribution < -0.4 is 5.32 Å². The standard InChI is InChI=1S/C16H22FN3/c1-4-20-8-7-18-16(20)10-14-9-13(5-6-15(14)17)11-19-12(2)3/h5-9,12,19H,4,10-11H2,1-3H3. The van der Waals surface area contributed by atoms with E-state index in [9.17, 15) is 4.39 Å². The van der Waals surface area contributed by atoms with Crippen LogP contribution in [0.2, 0.25) is 0 Å². The maximum Gasteiger partial charge on any atom is 0.126 e. The molecule has 0 spiro atoms. The van der Waals surface area contributed by atoms with Crippen LogP contribution in [0.15, 0.2) is 30.6 Å². The molecule has 0 amide bonds. The van der Waals surface area contributed by atoms with Gasteiger partial charge in [0.15, 0.2) is 0 Å². The van der Waals surface area contributed by atoms with Gasteiger partial charge in [-0.3, -0.25) is 0 Å². The fourth-order valence-electron chi connectivity index (χ4n) is 2.16. The van der Waals surface area contributed by atoms with Gasteiger partial charge in [0, 0.05) is 37.9 Å². The number of hydrogen-bond donors (Lipinski definition) is 1. The van der Waals surface area contributed by atoms with E-state index < -0.39 is 0 Å². The normalized spacial score (nSPS) is 11.2. The van der Waals surface area contributed by atoms with E-state index in [1.807, 2.05) is 22.9 Å². The van der Waals surface area contributed by atoms with Crippen LogP contribution in [0.4, 0.5) is 4.39 Å². The molecule has 20 heavy (non-hydrogen) atoms. The van der Waals surface area contributed by atoms with Gasteiger partial charge in [0.1, 0.15) is 11.6 Å². The molecule has 0 saturated heterocycles. The zero-order valence-electron chi connectivity index (χ0n) is 12.4. The van der Waals surface area contributed by atoms with Gasteiger partial charge in [-0.05, 0) is 24.1 Å². The summed E-state index contributed by atoms with van der Waals surface area (Å²) in [6.07, 6.45) is 4.22. The summed E-state index contributed by atoms with van der Waals surface area (Å²) in [5.41, 5.74) is 1.80. The van der Waals surface area contributed by atoms with Gasteiger partial charge in [-0.25, -0.2) is 9.37 Å². The van der Waals surface area contributed by atoms with Crippen LogP contribution in [-0.2, 0) is 19.5 Å². The van der Waals surface area contributed by atoms with Gasteiger partial charge in [0.2, 0.25) is 0 Å². The molecule has 1 N–H and O–H groups in total. The Morgan fingerprint density at radius 1 is 1.35 bits per heavy atom. The number of benzene rings is 1. The number of hydrogen-bond acceptors (Lipinski definition) is 2. The van der Waals surface area contributed by atoms with Crippen LogP contribution in [0.5, 0.6) is 0 Å². The van der Waals surface area contributed by atoms with Gasteiger partial charge in [-0.15, -0.1) is 0 Å². The fourth-order valence-corrected chi connectivity index (χ4v) is 2.16. The maximum absolute atomic E-state index is 13.9. The third-order valence-corrected chi connectivity index (χ3v) is 3.32. The molecule has 1 aromatic carbocycles. The first-order valence-electron chi connectivity index (χ1n) is 7.10. The van der Waals surface area contributed by atoms with Crippen molar-refractivity contribution in [1.29, 1.82) is 0 Å². The molecule has 4 heteroatoms. The molecule has 0 bridgehead atoms. The van der Waals surface area contributed by atoms with Crippen LogP contribution in [-0.4, -0.2) is 15.6 Å². The Hall–Kier alpha value is -1.68. The topological polar surface area (TPSA) is 29.9 Å². The first-order valence-corrected chi connectivity index (χ1v) is 7.10. The van der Waals surface area contributed by atoms with Crippen molar-refractivity contribution in [2.75, 3.05) is 0 Å². The highest BCUT2D eigenvalue weighted by Crippen LogP contribution is 2.15. The van der Waals surface area contributed by atoms with Crippen molar-refractivity contribution < 1.29 is 4.39 Å². The minimum atomic E-state index is -0.163. The van der Waals surface area contributed by atoms with Crippen molar-refractivity contribution in [2.24, 2.45) is 0 Å². The van der Waals surface area contributed by atoms with Crippen molar-refractivity contribution >= 4 is 0 Å². The summed E-state index contributed by atoms with van der Waals surface area (Å²) in [5.74, 6) is 0.740. The molecular formula is C16H22FN3. The third-order valence-electron chi connectivity index (χ3n) is 3.32. The molecule has 2 aromatic rings. The number of nitrogens with one attached hydrogen (secondary N) is 1. The molecule has 108 valence electrons. The zero-order valence-corrected chi connectivity index (χ0v) is 12.4. The van der Waals surface area contributed by atoms with Crippen molar-refractivity contribution in [2.45, 2.75) is 46.3 Å². The Morgan fingerprint density at radius 3 is 2.85 bits per heavy atom. The lowest BCUT2D eigenvalue weighted by molar-refractivity contribution is 0.582. The molecule has 0 saturated carbocycles. The monoisotopic (exact) mass is 275 g/mol. The summed E-state index contributed by atoms with van der Waals surface area (Å²) in [4.78, 5) is 4.31. The van der Waals surface area contributed by atoms with Crippen LogP contribution in [0.25, 0.3) is 0 Å². The highest BCUT2D eigenvalue weighted by Gasteiger charge is 2.09. The maximum atomic E-state index is 13.9. The fraction of sp³-hybridized carbons (Fsp3) is 0.438. The van der Waals surface area contributed by atoms with Crippen LogP contribution >= 0.6 is 0 Å². The van der Waals surface area contributed by atoms with Gasteiger partial charge in [-0.1, -0.05) is 26.0 Å². The lowest BCUT2D eigenvalue weighted by Gasteiger charge is -2.11. The molecule has 0 aliphatic rings. The lowest BCUT2D eigenvalue weighted by atomic mass is 10.1. The number of nitrogens with zero attached hydrogens (tertiary/aromatic N) is 2. The van der Waals surface area contributed by atoms with E-state index >= 15 is 0 Å². The largest absolute Gasteiger partial charge is 0.335 e. The molecule has 0 radical (unpaired) electrons. The number of aromatic nitrogens is 2. The predicted molar refractivity (Wildman–Crippen MR) is 79.1 cm³/mol. The second kappa shape index (κ2) is 6.66. The molecule has 1 heterocycles. The van der Waals surface area contributed by atoms with Gasteiger partial charge in [-0.2, -0.15) is 0 Å². The number of halogens is 1. The SMILES string of the molecule is CCn1ccnc1Cc1cc(CNC(C)C)ccc1F. The second-order valence-electron chi connectivity index (χ2n) is 5.27. The van der Waals surface area contributed by atoms with E-state index in [1.54, 1.807) is 12.3 Å². The first kappa shape index (κ1) is 14.7. The van der Waals surface area contributed by atoms with Crippen molar-refractivity contribution in [1.82, 2.24) is 14.9 Å². The molecule has 0 aliphatic carbocycles. The Bertz CT molecular complexity index is 561. The van der Waals surface area contributed by atoms with E-state index in [-0.39, 0.29) is 5.82 Å². The average Bonchev–Trinajstić information content (AvgIpc) is 2.86. The molecule has 0 fully saturated rings. The summed E-state index contributed by atoms with van der Waals surface area (Å²) >= 11 is 0. The van der Waals surface area contributed by atoms with Crippen molar-refractivity contribution in [3.63, 3.8) is 0 Å². The van der Waals surface area contributed by atoms with E-state index in [0.29, 0.717) is 18.0 Å². The van der Waals surface area contributed by atoms with E-state index in [2.05, 4.69) is 31.1 Å². The second-order valence-corrected chi connectivity index (χ2v) is 5.27. The number of imidazole rings is 1. The van der Waals surface area contributed by atoms with Crippen LogP contribution in [0, 0.1) is 5.82 Å². The molecule has 2 rings (SSSR count). The zero-order chi connectivity index (χ0) is 14.5. The summed E-state index contributed by atoms with van der Waals surface area (Å²) in [7, 11) is 0. The molecule has 0 aliphatic heterocycles. The van der Waals surface area contributed by atoms with Crippen molar-refractivity contribution in [3.05, 3.63) is 53.4 Å². The summed E-state index contributed by atoms with van der Waals surface area (Å²) in [6, 6.07) is 5.73. The third kappa shape index (κ3) is 3.67. The van der Waals surface area contributed by atoms with Gasteiger partial charge in [0.05, 0.1) is 0 Å². The number of aryl methyl sites for hydroxylation is 1. The smallest absolute Gasteiger partial charge is 0.126 e. The highest BCUT2D eigenvalue weighted by molar-refractivity contribution is 5.27. The molecular weight excluding hydrogens is 253 g/mol. The van der Waals surface area contributed by atoms with E-state index in [1.165, 1.54) is 0 Å². The van der Waals surface area contributed by atoms with Gasteiger partial charge in [0.25, 0.3) is 0 Å². The molecule has 0 atom stereocenters. The Balaban J connectivity index is 2.16. The Labute approximate surface area is 119 Å². The Kier molecular flexibility index (Phi) is 4.90. The Morgan fingerprint density at radius 2 is 2.15 bits per heavy atom. The van der Waals surface area contributed by atoms with E-state index in [4.69, 9.17) is 0 Å². The van der Waals surface area contributed by atoms with E-state index in [0.717, 1.165) is 24.5 Å². The van der Waals surface area contributed by atoms with Crippen LogP contribution in [0.1, 0.15) is 37.7 Å². The number of rotatable bonds is 6. The minimum absolute atomic E-state index is 0.163. The average molecular weight is 275 g/mol. The van der Waals surface area contributed by atoms with Gasteiger partial charge >= 0.3 is 0 Å². The summed E-state index contributed by atoms with van der Waals surface area (Å²) < 4.78 is 16.0. The minimum Gasteiger partial charge on any atom is -0.335 e. The van der Waals surface area contributed by atoms with Crippen LogP contribution in [0.3, 0.4) is 0 Å². The summed E-state index contributed by atoms with van der Waals surface area (Å²) in [5, 5.41) is 3.35. The summed E-state index contributed by atoms with van der Waals surface area (Å²) in [6.45, 7) is 7.87.